The van der Waals surface area contributed by atoms with E-state index >= 15 is 0 Å². The molecular formula is C21H28O5S. The number of carbonyl (C=O) groups is 1. The Morgan fingerprint density at radius 1 is 1.37 bits per heavy atom. The van der Waals surface area contributed by atoms with Gasteiger partial charge in [0, 0.05) is 17.5 Å². The molecule has 5 nitrogen and oxygen atoms in total. The molecule has 1 aliphatic rings. The number of phenols is 1. The normalized spacial score (nSPS) is 13.3. The van der Waals surface area contributed by atoms with E-state index in [2.05, 4.69) is 6.92 Å². The minimum atomic E-state index is -0.482. The van der Waals surface area contributed by atoms with Gasteiger partial charge in [-0.15, -0.1) is 0 Å². The maximum Gasteiger partial charge on any atom is 0.342 e. The number of carbonyl (C=O) groups excluding carboxylic acids is 1. The number of benzene rings is 1. The minimum absolute atomic E-state index is 0.0441. The number of hydrogen-bond donors (Lipinski definition) is 1. The lowest BCUT2D eigenvalue weighted by atomic mass is 9.94. The van der Waals surface area contributed by atoms with E-state index in [1.807, 2.05) is 19.9 Å². The first-order valence-electron chi connectivity index (χ1n) is 9.30. The Morgan fingerprint density at radius 3 is 2.78 bits per heavy atom. The molecule has 6 heteroatoms. The lowest BCUT2D eigenvalue weighted by Crippen LogP contribution is -2.04. The summed E-state index contributed by atoms with van der Waals surface area (Å²) in [6.45, 7) is 6.86. The van der Waals surface area contributed by atoms with Gasteiger partial charge in [0.2, 0.25) is 0 Å². The van der Waals surface area contributed by atoms with Gasteiger partial charge < -0.3 is 19.3 Å². The third-order valence-corrected chi connectivity index (χ3v) is 5.11. The van der Waals surface area contributed by atoms with Crippen LogP contribution in [-0.2, 0) is 22.5 Å². The van der Waals surface area contributed by atoms with Crippen molar-refractivity contribution >= 4 is 23.2 Å². The van der Waals surface area contributed by atoms with E-state index in [0.29, 0.717) is 41.4 Å². The molecule has 0 unspecified atom stereocenters. The number of methoxy groups -OCH3 is 1. The molecule has 0 atom stereocenters. The van der Waals surface area contributed by atoms with Crippen LogP contribution in [0, 0.1) is 6.92 Å². The molecule has 0 bridgehead atoms. The number of esters is 1. The summed E-state index contributed by atoms with van der Waals surface area (Å²) in [5.74, 6) is 0.0780. The van der Waals surface area contributed by atoms with Crippen molar-refractivity contribution in [1.29, 1.82) is 0 Å². The molecule has 27 heavy (non-hydrogen) atoms. The molecule has 0 aromatic heterocycles. The molecule has 1 aliphatic heterocycles. The quantitative estimate of drug-likeness (QED) is 0.282. The molecule has 148 valence electrons. The molecule has 2 rings (SSSR count). The Morgan fingerprint density at radius 2 is 2.11 bits per heavy atom. The van der Waals surface area contributed by atoms with E-state index in [1.165, 1.54) is 0 Å². The summed E-state index contributed by atoms with van der Waals surface area (Å²) in [7, 11) is 1.57. The van der Waals surface area contributed by atoms with Gasteiger partial charge in [-0.1, -0.05) is 25.0 Å². The van der Waals surface area contributed by atoms with E-state index in [9.17, 15) is 9.90 Å². The molecule has 1 heterocycles. The van der Waals surface area contributed by atoms with Gasteiger partial charge >= 0.3 is 5.97 Å². The lowest BCUT2D eigenvalue weighted by molar-refractivity contribution is 0.0533. The SMILES string of the molecule is CCCCOC(=S)CC/C(C)=C/Cc1c(O)c2c(c(C)c1OC)COC2=O. The van der Waals surface area contributed by atoms with Gasteiger partial charge in [-0.2, -0.15) is 0 Å². The van der Waals surface area contributed by atoms with Crippen molar-refractivity contribution in [2.75, 3.05) is 13.7 Å². The number of rotatable bonds is 9. The summed E-state index contributed by atoms with van der Waals surface area (Å²) in [6.07, 6.45) is 6.07. The molecular weight excluding hydrogens is 364 g/mol. The van der Waals surface area contributed by atoms with Crippen molar-refractivity contribution in [3.05, 3.63) is 33.9 Å². The number of hydrogen-bond acceptors (Lipinski definition) is 6. The van der Waals surface area contributed by atoms with Crippen LogP contribution in [-0.4, -0.2) is 29.8 Å². The second-order valence-corrected chi connectivity index (χ2v) is 7.20. The molecule has 0 aliphatic carbocycles. The number of fused-ring (bicyclic) bond motifs is 1. The van der Waals surface area contributed by atoms with Gasteiger partial charge in [-0.05, 0) is 50.9 Å². The second kappa shape index (κ2) is 9.74. The highest BCUT2D eigenvalue weighted by molar-refractivity contribution is 7.80. The monoisotopic (exact) mass is 392 g/mol. The fourth-order valence-electron chi connectivity index (χ4n) is 3.11. The highest BCUT2D eigenvalue weighted by atomic mass is 32.1. The van der Waals surface area contributed by atoms with Gasteiger partial charge in [-0.3, -0.25) is 0 Å². The van der Waals surface area contributed by atoms with Crippen LogP contribution in [0.4, 0.5) is 0 Å². The predicted octanol–water partition coefficient (Wildman–Crippen LogP) is 4.79. The standard InChI is InChI=1S/C21H28O5S/c1-5-6-11-25-17(27)10-8-13(2)7-9-15-19(22)18-16(12-26-21(18)23)14(3)20(15)24-4/h7,22H,5-6,8-12H2,1-4H3/b13-7+. The van der Waals surface area contributed by atoms with Crippen LogP contribution < -0.4 is 4.74 Å². The van der Waals surface area contributed by atoms with E-state index < -0.39 is 5.97 Å². The fourth-order valence-corrected chi connectivity index (χ4v) is 3.29. The van der Waals surface area contributed by atoms with Crippen LogP contribution in [0.1, 0.15) is 66.6 Å². The largest absolute Gasteiger partial charge is 0.507 e. The van der Waals surface area contributed by atoms with E-state index in [1.54, 1.807) is 7.11 Å². The summed E-state index contributed by atoms with van der Waals surface area (Å²) >= 11 is 5.25. The highest BCUT2D eigenvalue weighted by Crippen LogP contribution is 2.42. The molecule has 0 saturated carbocycles. The molecule has 0 amide bonds. The average molecular weight is 393 g/mol. The van der Waals surface area contributed by atoms with E-state index in [0.717, 1.165) is 30.4 Å². The first-order chi connectivity index (χ1) is 12.9. The Balaban J connectivity index is 2.09. The fraction of sp³-hybridized carbons (Fsp3) is 0.524. The van der Waals surface area contributed by atoms with E-state index in [4.69, 9.17) is 26.4 Å². The Kier molecular flexibility index (Phi) is 7.66. The van der Waals surface area contributed by atoms with Crippen molar-refractivity contribution in [3.8, 4) is 11.5 Å². The summed E-state index contributed by atoms with van der Waals surface area (Å²) < 4.78 is 16.1. The number of thiocarbonyl (C=S) groups is 1. The Bertz CT molecular complexity index is 752. The van der Waals surface area contributed by atoms with Crippen molar-refractivity contribution < 1.29 is 24.1 Å². The molecule has 0 radical (unpaired) electrons. The first kappa shape index (κ1) is 21.2. The molecule has 1 aromatic carbocycles. The molecule has 1 N–H and O–H groups in total. The van der Waals surface area contributed by atoms with Crippen molar-refractivity contribution in [1.82, 2.24) is 0 Å². The minimum Gasteiger partial charge on any atom is -0.507 e. The van der Waals surface area contributed by atoms with Gasteiger partial charge in [-0.25, -0.2) is 4.79 Å². The molecule has 0 spiro atoms. The third-order valence-electron chi connectivity index (χ3n) is 4.79. The number of aromatic hydroxyl groups is 1. The zero-order valence-corrected chi connectivity index (χ0v) is 17.3. The highest BCUT2D eigenvalue weighted by Gasteiger charge is 2.31. The average Bonchev–Trinajstić information content (AvgIpc) is 3.04. The Hall–Kier alpha value is -2.08. The Labute approximate surface area is 166 Å². The third kappa shape index (κ3) is 5.01. The predicted molar refractivity (Wildman–Crippen MR) is 109 cm³/mol. The van der Waals surface area contributed by atoms with Crippen LogP contribution >= 0.6 is 12.2 Å². The van der Waals surface area contributed by atoms with Crippen molar-refractivity contribution in [2.45, 2.75) is 59.5 Å². The second-order valence-electron chi connectivity index (χ2n) is 6.74. The number of cyclic esters (lactones) is 1. The number of ether oxygens (including phenoxy) is 3. The summed E-state index contributed by atoms with van der Waals surface area (Å²) in [5.41, 5.74) is 3.54. The summed E-state index contributed by atoms with van der Waals surface area (Å²) in [6, 6.07) is 0. The molecule has 0 saturated heterocycles. The van der Waals surface area contributed by atoms with E-state index in [-0.39, 0.29) is 17.9 Å². The lowest BCUT2D eigenvalue weighted by Gasteiger charge is -2.15. The zero-order valence-electron chi connectivity index (χ0n) is 16.5. The van der Waals surface area contributed by atoms with Crippen molar-refractivity contribution in [2.24, 2.45) is 0 Å². The topological polar surface area (TPSA) is 65.0 Å². The van der Waals surface area contributed by atoms with Crippen LogP contribution in [0.2, 0.25) is 0 Å². The molecule has 0 fully saturated rings. The van der Waals surface area contributed by atoms with Crippen LogP contribution in [0.3, 0.4) is 0 Å². The number of allylic oxidation sites excluding steroid dienone is 2. The number of unbranched alkanes of at least 4 members (excludes halogenated alkanes) is 1. The van der Waals surface area contributed by atoms with Crippen LogP contribution in [0.15, 0.2) is 11.6 Å². The molecule has 1 aromatic rings. The van der Waals surface area contributed by atoms with Crippen LogP contribution in [0.25, 0.3) is 0 Å². The zero-order chi connectivity index (χ0) is 20.0. The maximum atomic E-state index is 11.9. The number of phenolic OH excluding ortho intramolecular Hbond substituents is 1. The summed E-state index contributed by atoms with van der Waals surface area (Å²) in [4.78, 5) is 11.9. The first-order valence-corrected chi connectivity index (χ1v) is 9.71. The van der Waals surface area contributed by atoms with Crippen molar-refractivity contribution in [3.63, 3.8) is 0 Å². The smallest absolute Gasteiger partial charge is 0.342 e. The maximum absolute atomic E-state index is 11.9. The van der Waals surface area contributed by atoms with Gasteiger partial charge in [0.05, 0.1) is 13.7 Å². The van der Waals surface area contributed by atoms with Gasteiger partial charge in [0.1, 0.15) is 23.7 Å². The summed E-state index contributed by atoms with van der Waals surface area (Å²) in [5, 5.41) is 11.2. The van der Waals surface area contributed by atoms with Gasteiger partial charge in [0.15, 0.2) is 5.05 Å². The van der Waals surface area contributed by atoms with Gasteiger partial charge in [0.25, 0.3) is 0 Å². The van der Waals surface area contributed by atoms with Crippen LogP contribution in [0.5, 0.6) is 11.5 Å².